The highest BCUT2D eigenvalue weighted by Crippen LogP contribution is 2.40. The molecule has 0 saturated heterocycles. The van der Waals surface area contributed by atoms with E-state index < -0.39 is 12.1 Å². The van der Waals surface area contributed by atoms with E-state index in [1.165, 1.54) is 12.0 Å². The number of hydrogen-bond acceptors (Lipinski definition) is 6. The van der Waals surface area contributed by atoms with Crippen LogP contribution in [0.2, 0.25) is 5.02 Å². The van der Waals surface area contributed by atoms with Crippen molar-refractivity contribution in [3.63, 3.8) is 0 Å². The average molecular weight is 460 g/mol. The highest BCUT2D eigenvalue weighted by molar-refractivity contribution is 6.37. The molecule has 1 atom stereocenters. The summed E-state index contributed by atoms with van der Waals surface area (Å²) in [5.41, 5.74) is 3.12. The van der Waals surface area contributed by atoms with Crippen LogP contribution in [0, 0.1) is 6.92 Å². The number of carbonyl (C=O) groups is 3. The molecule has 2 amide bonds. The van der Waals surface area contributed by atoms with Crippen LogP contribution < -0.4 is 10.1 Å². The SMILES string of the molecule is COC(=O)[C@H]1CN(C)C(=O)c2cc(C)[nH]c2/C=C2\C(=O)Nc3cc(Cl)c(cc32)OCCO1. The summed E-state index contributed by atoms with van der Waals surface area (Å²) < 4.78 is 16.2. The Kier molecular flexibility index (Phi) is 5.94. The van der Waals surface area contributed by atoms with Crippen LogP contribution in [0.15, 0.2) is 18.2 Å². The van der Waals surface area contributed by atoms with Crippen LogP contribution in [0.25, 0.3) is 11.6 Å². The number of amides is 2. The molecule has 0 spiro atoms. The maximum atomic E-state index is 13.2. The van der Waals surface area contributed by atoms with Crippen molar-refractivity contribution in [2.45, 2.75) is 13.0 Å². The third-order valence-corrected chi connectivity index (χ3v) is 5.56. The lowest BCUT2D eigenvalue weighted by atomic mass is 10.0. The van der Waals surface area contributed by atoms with Crippen LogP contribution in [-0.2, 0) is 19.1 Å². The normalized spacial score (nSPS) is 20.3. The molecule has 2 bridgehead atoms. The molecule has 2 aliphatic rings. The maximum Gasteiger partial charge on any atom is 0.336 e. The molecule has 2 aliphatic heterocycles. The van der Waals surface area contributed by atoms with Crippen molar-refractivity contribution < 1.29 is 28.6 Å². The summed E-state index contributed by atoms with van der Waals surface area (Å²) in [5.74, 6) is -0.875. The van der Waals surface area contributed by atoms with E-state index in [9.17, 15) is 14.4 Å². The van der Waals surface area contributed by atoms with E-state index in [-0.39, 0.29) is 31.6 Å². The van der Waals surface area contributed by atoms with Crippen LogP contribution in [0.4, 0.5) is 5.69 Å². The van der Waals surface area contributed by atoms with Crippen molar-refractivity contribution in [3.8, 4) is 5.75 Å². The van der Waals surface area contributed by atoms with Crippen molar-refractivity contribution in [2.24, 2.45) is 0 Å². The van der Waals surface area contributed by atoms with Gasteiger partial charge in [0, 0.05) is 18.3 Å². The molecule has 2 aromatic rings. The van der Waals surface area contributed by atoms with Gasteiger partial charge in [-0.25, -0.2) is 4.79 Å². The summed E-state index contributed by atoms with van der Waals surface area (Å²) in [5, 5.41) is 3.11. The number of methoxy groups -OCH3 is 1. The molecule has 0 aliphatic carbocycles. The topological polar surface area (TPSA) is 110 Å². The molecular formula is C22H22ClN3O6. The van der Waals surface area contributed by atoms with Crippen molar-refractivity contribution in [2.75, 3.05) is 39.2 Å². The van der Waals surface area contributed by atoms with Crippen molar-refractivity contribution in [3.05, 3.63) is 45.7 Å². The molecule has 4 rings (SSSR count). The second-order valence-corrected chi connectivity index (χ2v) is 7.94. The van der Waals surface area contributed by atoms with Gasteiger partial charge in [-0.15, -0.1) is 0 Å². The van der Waals surface area contributed by atoms with E-state index in [1.54, 1.807) is 31.3 Å². The number of nitrogens with one attached hydrogen (secondary N) is 2. The molecule has 10 heteroatoms. The van der Waals surface area contributed by atoms with Crippen molar-refractivity contribution >= 4 is 46.7 Å². The first-order chi connectivity index (χ1) is 15.3. The summed E-state index contributed by atoms with van der Waals surface area (Å²) in [4.78, 5) is 42.5. The predicted molar refractivity (Wildman–Crippen MR) is 118 cm³/mol. The molecule has 2 N–H and O–H groups in total. The molecule has 0 unspecified atom stereocenters. The molecule has 1 aromatic heterocycles. The molecule has 0 fully saturated rings. The van der Waals surface area contributed by atoms with Crippen molar-refractivity contribution in [1.29, 1.82) is 0 Å². The molecule has 168 valence electrons. The summed E-state index contributed by atoms with van der Waals surface area (Å²) >= 11 is 6.31. The van der Waals surface area contributed by atoms with E-state index in [2.05, 4.69) is 10.3 Å². The third-order valence-electron chi connectivity index (χ3n) is 5.27. The number of ether oxygens (including phenoxy) is 3. The molecule has 3 heterocycles. The number of fused-ring (bicyclic) bond motifs is 2. The number of aromatic nitrogens is 1. The Labute approximate surface area is 189 Å². The highest BCUT2D eigenvalue weighted by Gasteiger charge is 2.29. The number of esters is 1. The Morgan fingerprint density at radius 1 is 1.22 bits per heavy atom. The smallest absolute Gasteiger partial charge is 0.336 e. The van der Waals surface area contributed by atoms with Gasteiger partial charge in [0.1, 0.15) is 12.4 Å². The Balaban J connectivity index is 1.82. The first kappa shape index (κ1) is 21.9. The first-order valence-electron chi connectivity index (χ1n) is 9.92. The zero-order valence-electron chi connectivity index (χ0n) is 17.8. The van der Waals surface area contributed by atoms with E-state index >= 15 is 0 Å². The van der Waals surface area contributed by atoms with E-state index in [4.69, 9.17) is 25.8 Å². The highest BCUT2D eigenvalue weighted by atomic mass is 35.5. The zero-order valence-corrected chi connectivity index (χ0v) is 18.5. The first-order valence-corrected chi connectivity index (χ1v) is 10.3. The maximum absolute atomic E-state index is 13.2. The van der Waals surface area contributed by atoms with Gasteiger partial charge in [0.2, 0.25) is 0 Å². The number of benzene rings is 1. The number of anilines is 1. The van der Waals surface area contributed by atoms with Gasteiger partial charge in [0.05, 0.1) is 47.8 Å². The largest absolute Gasteiger partial charge is 0.490 e. The minimum Gasteiger partial charge on any atom is -0.490 e. The van der Waals surface area contributed by atoms with E-state index in [0.717, 1.165) is 5.69 Å². The van der Waals surface area contributed by atoms with Gasteiger partial charge in [-0.2, -0.15) is 0 Å². The Morgan fingerprint density at radius 2 is 2.00 bits per heavy atom. The minimum absolute atomic E-state index is 0.0229. The van der Waals surface area contributed by atoms with Gasteiger partial charge in [0.15, 0.2) is 6.10 Å². The Morgan fingerprint density at radius 3 is 2.75 bits per heavy atom. The number of carbonyl (C=O) groups excluding carboxylic acids is 3. The van der Waals surface area contributed by atoms with Gasteiger partial charge >= 0.3 is 5.97 Å². The molecular weight excluding hydrogens is 438 g/mol. The number of H-pyrrole nitrogens is 1. The average Bonchev–Trinajstić information content (AvgIpc) is 3.27. The second-order valence-electron chi connectivity index (χ2n) is 7.54. The number of aromatic amines is 1. The van der Waals surface area contributed by atoms with Crippen LogP contribution in [0.3, 0.4) is 0 Å². The molecule has 0 radical (unpaired) electrons. The Bertz CT molecular complexity index is 1140. The van der Waals surface area contributed by atoms with E-state index in [0.29, 0.717) is 38.9 Å². The van der Waals surface area contributed by atoms with Crippen LogP contribution in [0.1, 0.15) is 27.3 Å². The fourth-order valence-electron chi connectivity index (χ4n) is 3.70. The predicted octanol–water partition coefficient (Wildman–Crippen LogP) is 2.49. The summed E-state index contributed by atoms with van der Waals surface area (Å²) in [6.45, 7) is 1.95. The van der Waals surface area contributed by atoms with Crippen LogP contribution in [0.5, 0.6) is 5.75 Å². The molecule has 0 saturated carbocycles. The van der Waals surface area contributed by atoms with Gasteiger partial charge in [-0.3, -0.25) is 9.59 Å². The van der Waals surface area contributed by atoms with E-state index in [1.807, 2.05) is 6.92 Å². The fraction of sp³-hybridized carbons (Fsp3) is 0.318. The fourth-order valence-corrected chi connectivity index (χ4v) is 3.91. The number of likely N-dealkylation sites (N-methyl/N-ethyl adjacent to an activating group) is 1. The lowest BCUT2D eigenvalue weighted by molar-refractivity contribution is -0.155. The molecule has 9 nitrogen and oxygen atoms in total. The number of nitrogens with zero attached hydrogens (tertiary/aromatic N) is 1. The summed E-state index contributed by atoms with van der Waals surface area (Å²) in [6.07, 6.45) is 0.635. The molecule has 1 aromatic carbocycles. The standard InChI is InChI=1S/C22H22ClN3O6/c1-11-6-14-16(24-11)7-13-12-8-18(15(23)9-17(12)25-20(13)27)31-4-5-32-19(22(29)30-3)10-26(2)21(14)28/h6-9,19,24H,4-5,10H2,1-3H3,(H,25,27)/b13-7-/t19-/m1/s1. The number of rotatable bonds is 1. The van der Waals surface area contributed by atoms with Gasteiger partial charge in [0.25, 0.3) is 11.8 Å². The lowest BCUT2D eigenvalue weighted by Gasteiger charge is -2.23. The van der Waals surface area contributed by atoms with Crippen LogP contribution >= 0.6 is 11.6 Å². The Hall–Kier alpha value is -3.30. The number of halogens is 1. The minimum atomic E-state index is -0.990. The lowest BCUT2D eigenvalue weighted by Crippen LogP contribution is -2.41. The second kappa shape index (κ2) is 8.68. The number of hydrogen-bond donors (Lipinski definition) is 2. The van der Waals surface area contributed by atoms with Gasteiger partial charge < -0.3 is 29.4 Å². The summed E-state index contributed by atoms with van der Waals surface area (Å²) in [7, 11) is 2.82. The quantitative estimate of drug-likeness (QED) is 0.634. The van der Waals surface area contributed by atoms with Gasteiger partial charge in [-0.1, -0.05) is 11.6 Å². The van der Waals surface area contributed by atoms with Crippen LogP contribution in [-0.4, -0.2) is 67.7 Å². The third kappa shape index (κ3) is 4.09. The van der Waals surface area contributed by atoms with Crippen molar-refractivity contribution in [1.82, 2.24) is 9.88 Å². The zero-order chi connectivity index (χ0) is 23.0. The monoisotopic (exact) mass is 459 g/mol. The summed E-state index contributed by atoms with van der Waals surface area (Å²) in [6, 6.07) is 4.98. The molecule has 32 heavy (non-hydrogen) atoms. The number of aryl methyl sites for hydroxylation is 1. The van der Waals surface area contributed by atoms with Gasteiger partial charge in [-0.05, 0) is 31.2 Å².